The average molecular weight is 412 g/mol. The summed E-state index contributed by atoms with van der Waals surface area (Å²) in [4.78, 5) is 26.0. The van der Waals surface area contributed by atoms with E-state index in [1.54, 1.807) is 29.8 Å². The molecule has 0 atom stereocenters. The van der Waals surface area contributed by atoms with Crippen molar-refractivity contribution in [3.8, 4) is 0 Å². The molecule has 29 heavy (non-hydrogen) atoms. The number of amides is 1. The van der Waals surface area contributed by atoms with Crippen LogP contribution >= 0.6 is 11.3 Å². The van der Waals surface area contributed by atoms with E-state index in [4.69, 9.17) is 0 Å². The number of rotatable bonds is 7. The molecule has 1 N–H and O–H groups in total. The minimum atomic E-state index is -0.325. The molecule has 0 aliphatic heterocycles. The number of halogens is 1. The molecule has 150 valence electrons. The molecular formula is C21H21FN4O2S. The van der Waals surface area contributed by atoms with Gasteiger partial charge in [-0.2, -0.15) is 5.10 Å². The molecule has 1 aromatic carbocycles. The second-order valence-corrected chi connectivity index (χ2v) is 8.05. The number of carbonyl (C=O) groups is 1. The molecule has 4 rings (SSSR count). The molecule has 6 nitrogen and oxygen atoms in total. The van der Waals surface area contributed by atoms with Gasteiger partial charge in [0, 0.05) is 24.4 Å². The summed E-state index contributed by atoms with van der Waals surface area (Å²) < 4.78 is 17.5. The van der Waals surface area contributed by atoms with Crippen molar-refractivity contribution in [3.05, 3.63) is 69.3 Å². The first-order valence-electron chi connectivity index (χ1n) is 9.56. The van der Waals surface area contributed by atoms with Crippen molar-refractivity contribution in [2.45, 2.75) is 39.3 Å². The van der Waals surface area contributed by atoms with Crippen LogP contribution < -0.4 is 10.9 Å². The Kier molecular flexibility index (Phi) is 5.44. The van der Waals surface area contributed by atoms with Crippen molar-refractivity contribution in [2.24, 2.45) is 0 Å². The van der Waals surface area contributed by atoms with Crippen LogP contribution in [0.15, 0.2) is 47.5 Å². The lowest BCUT2D eigenvalue weighted by Crippen LogP contribution is -2.26. The summed E-state index contributed by atoms with van der Waals surface area (Å²) in [5.74, 6) is -0.465. The first-order chi connectivity index (χ1) is 14.0. The van der Waals surface area contributed by atoms with Crippen LogP contribution in [-0.4, -0.2) is 20.1 Å². The SMILES string of the molecule is CCc1cc2c(cc3c(=O)n(CCCC(=O)NCc4cccc(F)c4)ncn32)s1. The van der Waals surface area contributed by atoms with Crippen LogP contribution in [0, 0.1) is 5.82 Å². The monoisotopic (exact) mass is 412 g/mol. The van der Waals surface area contributed by atoms with Crippen LogP contribution in [0.5, 0.6) is 0 Å². The quantitative estimate of drug-likeness (QED) is 0.505. The Balaban J connectivity index is 1.37. The van der Waals surface area contributed by atoms with E-state index in [1.165, 1.54) is 21.7 Å². The molecule has 4 aromatic rings. The summed E-state index contributed by atoms with van der Waals surface area (Å²) in [6, 6.07) is 10.1. The molecule has 0 radical (unpaired) electrons. The zero-order valence-electron chi connectivity index (χ0n) is 16.0. The molecule has 1 amide bonds. The van der Waals surface area contributed by atoms with Crippen LogP contribution in [0.3, 0.4) is 0 Å². The summed E-state index contributed by atoms with van der Waals surface area (Å²) in [5.41, 5.74) is 2.16. The lowest BCUT2D eigenvalue weighted by atomic mass is 10.2. The minimum absolute atomic E-state index is 0.140. The van der Waals surface area contributed by atoms with Gasteiger partial charge in [-0.05, 0) is 42.7 Å². The number of nitrogens with one attached hydrogen (secondary N) is 1. The highest BCUT2D eigenvalue weighted by Crippen LogP contribution is 2.28. The van der Waals surface area contributed by atoms with Crippen LogP contribution in [0.2, 0.25) is 0 Å². The van der Waals surface area contributed by atoms with Gasteiger partial charge in [0.05, 0.1) is 10.2 Å². The van der Waals surface area contributed by atoms with E-state index in [9.17, 15) is 14.0 Å². The normalized spacial score (nSPS) is 11.4. The topological polar surface area (TPSA) is 68.4 Å². The second-order valence-electron chi connectivity index (χ2n) is 6.88. The van der Waals surface area contributed by atoms with E-state index in [1.807, 2.05) is 10.5 Å². The molecular weight excluding hydrogens is 391 g/mol. The maximum Gasteiger partial charge on any atom is 0.291 e. The van der Waals surface area contributed by atoms with Gasteiger partial charge < -0.3 is 5.32 Å². The van der Waals surface area contributed by atoms with Crippen LogP contribution in [0.4, 0.5) is 4.39 Å². The fraction of sp³-hybridized carbons (Fsp3) is 0.286. The summed E-state index contributed by atoms with van der Waals surface area (Å²) in [7, 11) is 0. The number of nitrogens with zero attached hydrogens (tertiary/aromatic N) is 3. The van der Waals surface area contributed by atoms with E-state index >= 15 is 0 Å². The lowest BCUT2D eigenvalue weighted by Gasteiger charge is -2.07. The molecule has 0 fully saturated rings. The van der Waals surface area contributed by atoms with E-state index < -0.39 is 0 Å². The standard InChI is InChI=1S/C21H21FN4O2S/c1-2-16-10-17-19(29-16)11-18-21(28)26(24-13-25(17)18)8-4-7-20(27)23-12-14-5-3-6-15(22)9-14/h3,5-6,9-11,13H,2,4,7-8,12H2,1H3,(H,23,27). The third kappa shape index (κ3) is 4.07. The predicted molar refractivity (Wildman–Crippen MR) is 112 cm³/mol. The summed E-state index contributed by atoms with van der Waals surface area (Å²) >= 11 is 1.69. The molecule has 0 aliphatic rings. The third-order valence-electron chi connectivity index (χ3n) is 4.84. The molecule has 0 aliphatic carbocycles. The summed E-state index contributed by atoms with van der Waals surface area (Å²) in [5, 5.41) is 7.03. The fourth-order valence-electron chi connectivity index (χ4n) is 3.31. The maximum absolute atomic E-state index is 13.2. The van der Waals surface area contributed by atoms with Crippen molar-refractivity contribution in [2.75, 3.05) is 0 Å². The number of thiophene rings is 1. The molecule has 0 unspecified atom stereocenters. The first-order valence-corrected chi connectivity index (χ1v) is 10.4. The van der Waals surface area contributed by atoms with Gasteiger partial charge in [0.25, 0.3) is 5.56 Å². The Morgan fingerprint density at radius 1 is 1.24 bits per heavy atom. The Morgan fingerprint density at radius 2 is 2.10 bits per heavy atom. The Hall–Kier alpha value is -3.00. The zero-order chi connectivity index (χ0) is 20.4. The molecule has 0 spiro atoms. The highest BCUT2D eigenvalue weighted by atomic mass is 32.1. The molecule has 3 heterocycles. The van der Waals surface area contributed by atoms with Gasteiger partial charge in [0.15, 0.2) is 0 Å². The number of hydrogen-bond acceptors (Lipinski definition) is 4. The van der Waals surface area contributed by atoms with Crippen LogP contribution in [-0.2, 0) is 24.3 Å². The summed E-state index contributed by atoms with van der Waals surface area (Å²) in [6.07, 6.45) is 3.39. The number of aryl methyl sites for hydroxylation is 2. The van der Waals surface area contributed by atoms with E-state index in [0.29, 0.717) is 24.0 Å². The first kappa shape index (κ1) is 19.3. The van der Waals surface area contributed by atoms with Crippen LogP contribution in [0.1, 0.15) is 30.2 Å². The molecule has 0 saturated carbocycles. The Morgan fingerprint density at radius 3 is 2.90 bits per heavy atom. The van der Waals surface area contributed by atoms with Gasteiger partial charge >= 0.3 is 0 Å². The second kappa shape index (κ2) is 8.16. The molecule has 0 saturated heterocycles. The average Bonchev–Trinajstić information content (AvgIpc) is 3.26. The highest BCUT2D eigenvalue weighted by Gasteiger charge is 2.12. The Bertz CT molecular complexity index is 1240. The third-order valence-corrected chi connectivity index (χ3v) is 6.05. The molecule has 8 heteroatoms. The molecule has 0 bridgehead atoms. The van der Waals surface area contributed by atoms with E-state index in [2.05, 4.69) is 23.4 Å². The number of fused-ring (bicyclic) bond motifs is 3. The van der Waals surface area contributed by atoms with Gasteiger partial charge in [-0.3, -0.25) is 14.0 Å². The summed E-state index contributed by atoms with van der Waals surface area (Å²) in [6.45, 7) is 2.75. The number of hydrogen-bond donors (Lipinski definition) is 1. The fourth-order valence-corrected chi connectivity index (χ4v) is 4.34. The van der Waals surface area contributed by atoms with Gasteiger partial charge in [-0.1, -0.05) is 19.1 Å². The van der Waals surface area contributed by atoms with Crippen molar-refractivity contribution in [1.82, 2.24) is 19.5 Å². The zero-order valence-corrected chi connectivity index (χ0v) is 16.8. The van der Waals surface area contributed by atoms with Crippen molar-refractivity contribution < 1.29 is 9.18 Å². The minimum Gasteiger partial charge on any atom is -0.352 e. The predicted octanol–water partition coefficient (Wildman–Crippen LogP) is 3.51. The van der Waals surface area contributed by atoms with Gasteiger partial charge in [-0.15, -0.1) is 11.3 Å². The molecule has 3 aromatic heterocycles. The Labute approximate surface area is 170 Å². The van der Waals surface area contributed by atoms with Gasteiger partial charge in [0.2, 0.25) is 5.91 Å². The number of carbonyl (C=O) groups excluding carboxylic acids is 1. The van der Waals surface area contributed by atoms with Gasteiger partial charge in [-0.25, -0.2) is 9.07 Å². The van der Waals surface area contributed by atoms with Crippen molar-refractivity contribution in [1.29, 1.82) is 0 Å². The van der Waals surface area contributed by atoms with E-state index in [-0.39, 0.29) is 30.2 Å². The van der Waals surface area contributed by atoms with Crippen LogP contribution in [0.25, 0.3) is 15.7 Å². The van der Waals surface area contributed by atoms with Gasteiger partial charge in [0.1, 0.15) is 17.7 Å². The number of benzene rings is 1. The van der Waals surface area contributed by atoms with Crippen molar-refractivity contribution in [3.63, 3.8) is 0 Å². The van der Waals surface area contributed by atoms with E-state index in [0.717, 1.165) is 16.6 Å². The highest BCUT2D eigenvalue weighted by molar-refractivity contribution is 7.19. The maximum atomic E-state index is 13.2. The lowest BCUT2D eigenvalue weighted by molar-refractivity contribution is -0.121. The van der Waals surface area contributed by atoms with Crippen molar-refractivity contribution >= 4 is 33.0 Å². The largest absolute Gasteiger partial charge is 0.352 e. The smallest absolute Gasteiger partial charge is 0.291 e. The number of aromatic nitrogens is 3.